The summed E-state index contributed by atoms with van der Waals surface area (Å²) in [6, 6.07) is 0.923. The topological polar surface area (TPSA) is 17.1 Å². The molecule has 0 aliphatic carbocycles. The second-order valence-corrected chi connectivity index (χ2v) is 9.07. The van der Waals surface area contributed by atoms with Crippen LogP contribution in [0.4, 0.5) is 0 Å². The largest absolute Gasteiger partial charge is 0.285 e. The quantitative estimate of drug-likeness (QED) is 0.320. The second kappa shape index (κ2) is 3.57. The van der Waals surface area contributed by atoms with Crippen LogP contribution in [-0.4, -0.2) is 13.9 Å². The molecule has 0 saturated heterocycles. The van der Waals surface area contributed by atoms with Crippen LogP contribution in [0.2, 0.25) is 25.7 Å². The maximum Gasteiger partial charge on any atom is 0.202 e. The summed E-state index contributed by atoms with van der Waals surface area (Å²) in [6.07, 6.45) is 0. The third kappa shape index (κ3) is 7.45. The van der Waals surface area contributed by atoms with Crippen LogP contribution in [0.15, 0.2) is 0 Å². The molecule has 2 heteroatoms. The molecule has 0 aromatic heterocycles. The van der Waals surface area contributed by atoms with Crippen molar-refractivity contribution in [2.45, 2.75) is 32.6 Å². The van der Waals surface area contributed by atoms with Gasteiger partial charge >= 0.3 is 0 Å². The highest BCUT2D eigenvalue weighted by Gasteiger charge is 2.09. The van der Waals surface area contributed by atoms with Crippen LogP contribution in [0.3, 0.4) is 0 Å². The molecule has 0 saturated carbocycles. The average molecular weight is 154 g/mol. The Bertz CT molecular complexity index is 178. The first-order chi connectivity index (χ1) is 4.42. The molecule has 0 atom stereocenters. The van der Waals surface area contributed by atoms with Gasteiger partial charge in [-0.25, -0.2) is 0 Å². The lowest BCUT2D eigenvalue weighted by Crippen LogP contribution is -2.17. The van der Waals surface area contributed by atoms with E-state index in [0.29, 0.717) is 0 Å². The molecule has 1 nitrogen and oxygen atoms in total. The van der Waals surface area contributed by atoms with Gasteiger partial charge in [0, 0.05) is 13.0 Å². The third-order valence-corrected chi connectivity index (χ3v) is 2.12. The first-order valence-corrected chi connectivity index (χ1v) is 7.12. The summed E-state index contributed by atoms with van der Waals surface area (Å²) in [7, 11) is -1.05. The molecule has 0 N–H and O–H groups in total. The molecule has 0 spiro atoms. The van der Waals surface area contributed by atoms with E-state index >= 15 is 0 Å². The van der Waals surface area contributed by atoms with Crippen molar-refractivity contribution in [1.29, 1.82) is 0 Å². The fourth-order valence-electron chi connectivity index (χ4n) is 0.434. The summed E-state index contributed by atoms with van der Waals surface area (Å²) in [5.74, 6) is 5.41. The van der Waals surface area contributed by atoms with Gasteiger partial charge in [-0.05, 0) is 5.92 Å². The van der Waals surface area contributed by atoms with E-state index in [9.17, 15) is 4.79 Å². The molecule has 0 radical (unpaired) electrons. The van der Waals surface area contributed by atoms with Crippen LogP contribution in [0.1, 0.15) is 6.92 Å². The summed E-state index contributed by atoms with van der Waals surface area (Å²) in [6.45, 7) is 8.21. The van der Waals surface area contributed by atoms with Gasteiger partial charge in [-0.2, -0.15) is 0 Å². The molecule has 0 amide bonds. The van der Waals surface area contributed by atoms with Gasteiger partial charge in [0.2, 0.25) is 5.78 Å². The van der Waals surface area contributed by atoms with Crippen LogP contribution < -0.4 is 0 Å². The number of Topliss-reactive ketones (excluding diaryl/α,β-unsaturated/α-hetero) is 1. The molecule has 0 fully saturated rings. The monoisotopic (exact) mass is 154 g/mol. The Hall–Kier alpha value is -0.553. The molecular weight excluding hydrogens is 140 g/mol. The predicted molar refractivity (Wildman–Crippen MR) is 46.6 cm³/mol. The molecule has 56 valence electrons. The van der Waals surface area contributed by atoms with E-state index in [2.05, 4.69) is 31.5 Å². The van der Waals surface area contributed by atoms with E-state index in [-0.39, 0.29) is 5.78 Å². The number of ketones is 1. The SMILES string of the molecule is CC(=O)C#CC[Si](C)(C)C. The maximum atomic E-state index is 10.4. The molecule has 0 aromatic rings. The molecular formula is C8H14OSi. The van der Waals surface area contributed by atoms with E-state index in [1.54, 1.807) is 0 Å². The summed E-state index contributed by atoms with van der Waals surface area (Å²) in [5.41, 5.74) is 0. The Labute approximate surface area is 63.8 Å². The standard InChI is InChI=1S/C8H14OSi/c1-8(9)6-5-7-10(2,3)4/h7H2,1-4H3. The Balaban J connectivity index is 3.78. The van der Waals surface area contributed by atoms with Gasteiger partial charge in [-0.1, -0.05) is 25.6 Å². The zero-order valence-electron chi connectivity index (χ0n) is 7.12. The van der Waals surface area contributed by atoms with Crippen molar-refractivity contribution >= 4 is 13.9 Å². The third-order valence-electron chi connectivity index (χ3n) is 0.883. The minimum Gasteiger partial charge on any atom is -0.285 e. The lowest BCUT2D eigenvalue weighted by molar-refractivity contribution is -0.111. The fraction of sp³-hybridized carbons (Fsp3) is 0.625. The van der Waals surface area contributed by atoms with Gasteiger partial charge in [0.05, 0.1) is 8.07 Å². The van der Waals surface area contributed by atoms with E-state index < -0.39 is 8.07 Å². The minimum absolute atomic E-state index is 0.0294. The number of rotatable bonds is 1. The summed E-state index contributed by atoms with van der Waals surface area (Å²) >= 11 is 0. The van der Waals surface area contributed by atoms with Gasteiger partial charge in [-0.3, -0.25) is 4.79 Å². The zero-order valence-corrected chi connectivity index (χ0v) is 8.12. The van der Waals surface area contributed by atoms with Crippen molar-refractivity contribution in [2.75, 3.05) is 0 Å². The summed E-state index contributed by atoms with van der Waals surface area (Å²) in [5, 5.41) is 0. The van der Waals surface area contributed by atoms with E-state index in [0.717, 1.165) is 6.04 Å². The van der Waals surface area contributed by atoms with Crippen molar-refractivity contribution in [2.24, 2.45) is 0 Å². The first kappa shape index (κ1) is 9.45. The molecule has 0 rings (SSSR count). The number of carbonyl (C=O) groups excluding carboxylic acids is 1. The van der Waals surface area contributed by atoms with Crippen molar-refractivity contribution in [3.8, 4) is 11.8 Å². The van der Waals surface area contributed by atoms with Gasteiger partial charge < -0.3 is 0 Å². The highest BCUT2D eigenvalue weighted by Crippen LogP contribution is 2.05. The van der Waals surface area contributed by atoms with Gasteiger partial charge in [-0.15, -0.1) is 0 Å². The van der Waals surface area contributed by atoms with Gasteiger partial charge in [0.15, 0.2) is 0 Å². The molecule has 0 heterocycles. The van der Waals surface area contributed by atoms with Crippen molar-refractivity contribution in [3.05, 3.63) is 0 Å². The van der Waals surface area contributed by atoms with Crippen LogP contribution in [-0.2, 0) is 4.79 Å². The Morgan fingerprint density at radius 2 is 1.90 bits per heavy atom. The molecule has 0 unspecified atom stereocenters. The van der Waals surface area contributed by atoms with E-state index in [4.69, 9.17) is 0 Å². The smallest absolute Gasteiger partial charge is 0.202 e. The molecule has 0 aliphatic rings. The molecule has 10 heavy (non-hydrogen) atoms. The van der Waals surface area contributed by atoms with Crippen molar-refractivity contribution in [1.82, 2.24) is 0 Å². The van der Waals surface area contributed by atoms with E-state index in [1.807, 2.05) is 0 Å². The highest BCUT2D eigenvalue weighted by molar-refractivity contribution is 6.76. The maximum absolute atomic E-state index is 10.4. The van der Waals surface area contributed by atoms with Crippen LogP contribution >= 0.6 is 0 Å². The molecule has 0 aliphatic heterocycles. The first-order valence-electron chi connectivity index (χ1n) is 3.41. The van der Waals surface area contributed by atoms with Gasteiger partial charge in [0.25, 0.3) is 0 Å². The average Bonchev–Trinajstić information content (AvgIpc) is 1.59. The molecule has 0 bridgehead atoms. The fourth-order valence-corrected chi connectivity index (χ4v) is 1.05. The second-order valence-electron chi connectivity index (χ2n) is 3.60. The normalized spacial score (nSPS) is 10.0. The lowest BCUT2D eigenvalue weighted by Gasteiger charge is -2.09. The van der Waals surface area contributed by atoms with Crippen molar-refractivity contribution in [3.63, 3.8) is 0 Å². The summed E-state index contributed by atoms with van der Waals surface area (Å²) < 4.78 is 0. The minimum atomic E-state index is -1.05. The number of hydrogen-bond acceptors (Lipinski definition) is 1. The van der Waals surface area contributed by atoms with Crippen molar-refractivity contribution < 1.29 is 4.79 Å². The van der Waals surface area contributed by atoms with Crippen LogP contribution in [0.25, 0.3) is 0 Å². The van der Waals surface area contributed by atoms with Gasteiger partial charge in [0.1, 0.15) is 0 Å². The lowest BCUT2D eigenvalue weighted by atomic mass is 10.4. The Kier molecular flexibility index (Phi) is 3.38. The van der Waals surface area contributed by atoms with E-state index in [1.165, 1.54) is 6.92 Å². The Morgan fingerprint density at radius 3 is 2.20 bits per heavy atom. The highest BCUT2D eigenvalue weighted by atomic mass is 28.3. The number of hydrogen-bond donors (Lipinski definition) is 0. The zero-order chi connectivity index (χ0) is 8.20. The molecule has 0 aromatic carbocycles. The van der Waals surface area contributed by atoms with Crippen LogP contribution in [0.5, 0.6) is 0 Å². The summed E-state index contributed by atoms with van der Waals surface area (Å²) in [4.78, 5) is 10.4. The van der Waals surface area contributed by atoms with Crippen LogP contribution in [0, 0.1) is 11.8 Å². The predicted octanol–water partition coefficient (Wildman–Crippen LogP) is 1.92. The Morgan fingerprint density at radius 1 is 1.40 bits per heavy atom. The number of carbonyl (C=O) groups is 1.